The highest BCUT2D eigenvalue weighted by Crippen LogP contribution is 2.39. The van der Waals surface area contributed by atoms with Crippen LogP contribution < -0.4 is 4.90 Å². The zero-order valence-electron chi connectivity index (χ0n) is 15.3. The first-order valence-electron chi connectivity index (χ1n) is 8.75. The molecule has 6 heteroatoms. The number of amides is 2. The molecule has 0 saturated carbocycles. The van der Waals surface area contributed by atoms with Crippen molar-refractivity contribution in [3.05, 3.63) is 87.0 Å². The Balaban J connectivity index is 1.76. The summed E-state index contributed by atoms with van der Waals surface area (Å²) in [5, 5.41) is -0.282. The Labute approximate surface area is 176 Å². The number of para-hydroxylation sites is 2. The van der Waals surface area contributed by atoms with Crippen LogP contribution in [-0.4, -0.2) is 15.7 Å². The molecule has 0 spiro atoms. The highest BCUT2D eigenvalue weighted by atomic mass is 79.9. The lowest BCUT2D eigenvalue weighted by atomic mass is 10.2. The first kappa shape index (κ1) is 18.8. The first-order valence-corrected chi connectivity index (χ1v) is 10.4. The van der Waals surface area contributed by atoms with Crippen molar-refractivity contribution < 1.29 is 9.59 Å². The number of thioether (sulfide) groups is 1. The minimum absolute atomic E-state index is 0.282. The fraction of sp³-hybridized carbons (Fsp3) is 0.0909. The van der Waals surface area contributed by atoms with E-state index in [1.165, 1.54) is 4.90 Å². The van der Waals surface area contributed by atoms with Crippen LogP contribution in [0, 0.1) is 13.8 Å². The Morgan fingerprint density at radius 2 is 1.43 bits per heavy atom. The lowest BCUT2D eigenvalue weighted by molar-refractivity contribution is -0.113. The predicted molar refractivity (Wildman–Crippen MR) is 118 cm³/mol. The Kier molecular flexibility index (Phi) is 5.00. The van der Waals surface area contributed by atoms with E-state index in [1.807, 2.05) is 62.4 Å². The Morgan fingerprint density at radius 3 is 2.04 bits per heavy atom. The summed E-state index contributed by atoms with van der Waals surface area (Å²) in [5.41, 5.74) is 4.58. The quantitative estimate of drug-likeness (QED) is 0.451. The highest BCUT2D eigenvalue weighted by molar-refractivity contribution is 9.10. The molecular weight excluding hydrogens is 436 g/mol. The van der Waals surface area contributed by atoms with Crippen LogP contribution in [0.15, 0.2) is 70.0 Å². The molecule has 1 aliphatic rings. The number of benzene rings is 2. The van der Waals surface area contributed by atoms with Gasteiger partial charge in [0.05, 0.1) is 10.6 Å². The van der Waals surface area contributed by atoms with Gasteiger partial charge in [-0.2, -0.15) is 0 Å². The van der Waals surface area contributed by atoms with Crippen LogP contribution in [0.4, 0.5) is 10.5 Å². The summed E-state index contributed by atoms with van der Waals surface area (Å²) in [6.07, 6.45) is 1.81. The highest BCUT2D eigenvalue weighted by Gasteiger charge is 2.36. The molecule has 4 rings (SSSR count). The van der Waals surface area contributed by atoms with Gasteiger partial charge >= 0.3 is 0 Å². The average Bonchev–Trinajstić information content (AvgIpc) is 3.10. The van der Waals surface area contributed by atoms with E-state index in [1.54, 1.807) is 18.2 Å². The molecule has 140 valence electrons. The van der Waals surface area contributed by atoms with Crippen LogP contribution in [0.25, 0.3) is 11.8 Å². The Bertz CT molecular complexity index is 1100. The standard InChI is InChI=1S/C22H17BrN2O2S/c1-14-18(20(23)15(2)24(14)16-9-5-3-6-10-16)13-19-21(26)25(22(27)28-19)17-11-7-4-8-12-17/h3-13H,1-2H3/b19-13+. The number of carbonyl (C=O) groups excluding carboxylic acids is 2. The molecule has 28 heavy (non-hydrogen) atoms. The molecule has 0 radical (unpaired) electrons. The van der Waals surface area contributed by atoms with Gasteiger partial charge in [-0.25, -0.2) is 4.90 Å². The molecule has 2 heterocycles. The summed E-state index contributed by atoms with van der Waals surface area (Å²) in [4.78, 5) is 27.0. The zero-order chi connectivity index (χ0) is 19.8. The van der Waals surface area contributed by atoms with Crippen LogP contribution >= 0.6 is 27.7 Å². The molecule has 0 aliphatic carbocycles. The van der Waals surface area contributed by atoms with E-state index in [0.717, 1.165) is 38.9 Å². The number of anilines is 1. The van der Waals surface area contributed by atoms with Crippen molar-refractivity contribution in [3.63, 3.8) is 0 Å². The van der Waals surface area contributed by atoms with E-state index in [-0.39, 0.29) is 11.1 Å². The zero-order valence-corrected chi connectivity index (χ0v) is 17.8. The van der Waals surface area contributed by atoms with Crippen molar-refractivity contribution >= 4 is 50.6 Å². The van der Waals surface area contributed by atoms with Gasteiger partial charge in [0, 0.05) is 27.1 Å². The van der Waals surface area contributed by atoms with Gasteiger partial charge in [0.15, 0.2) is 0 Å². The predicted octanol–water partition coefficient (Wildman–Crippen LogP) is 6.10. The molecule has 0 atom stereocenters. The maximum Gasteiger partial charge on any atom is 0.298 e. The summed E-state index contributed by atoms with van der Waals surface area (Å²) >= 11 is 4.64. The molecule has 1 saturated heterocycles. The van der Waals surface area contributed by atoms with Gasteiger partial charge in [-0.05, 0) is 71.9 Å². The SMILES string of the molecule is Cc1c(Br)c(/C=C2/SC(=O)N(c3ccccc3)C2=O)c(C)n1-c1ccccc1. The summed E-state index contributed by atoms with van der Waals surface area (Å²) < 4.78 is 3.05. The summed E-state index contributed by atoms with van der Waals surface area (Å²) in [5.74, 6) is -0.294. The number of imide groups is 1. The van der Waals surface area contributed by atoms with Crippen LogP contribution in [0.5, 0.6) is 0 Å². The van der Waals surface area contributed by atoms with Gasteiger partial charge in [0.25, 0.3) is 11.1 Å². The second kappa shape index (κ2) is 7.45. The fourth-order valence-electron chi connectivity index (χ4n) is 3.35. The van der Waals surface area contributed by atoms with E-state index >= 15 is 0 Å². The van der Waals surface area contributed by atoms with Crippen molar-refractivity contribution in [2.75, 3.05) is 4.90 Å². The molecule has 0 bridgehead atoms. The maximum atomic E-state index is 12.9. The molecule has 4 nitrogen and oxygen atoms in total. The van der Waals surface area contributed by atoms with E-state index in [4.69, 9.17) is 0 Å². The van der Waals surface area contributed by atoms with Crippen LogP contribution in [0.3, 0.4) is 0 Å². The molecule has 1 aliphatic heterocycles. The summed E-state index contributed by atoms with van der Waals surface area (Å²) in [6, 6.07) is 19.0. The molecule has 2 aromatic carbocycles. The minimum Gasteiger partial charge on any atom is -0.317 e. The second-order valence-electron chi connectivity index (χ2n) is 6.42. The number of hydrogen-bond donors (Lipinski definition) is 0. The fourth-order valence-corrected chi connectivity index (χ4v) is 4.76. The third-order valence-electron chi connectivity index (χ3n) is 4.71. The lowest BCUT2D eigenvalue weighted by Crippen LogP contribution is -2.27. The number of hydrogen-bond acceptors (Lipinski definition) is 3. The molecule has 3 aromatic rings. The Hall–Kier alpha value is -2.57. The van der Waals surface area contributed by atoms with Crippen molar-refractivity contribution in [1.29, 1.82) is 0 Å². The monoisotopic (exact) mass is 452 g/mol. The number of nitrogens with zero attached hydrogens (tertiary/aromatic N) is 2. The topological polar surface area (TPSA) is 42.3 Å². The summed E-state index contributed by atoms with van der Waals surface area (Å²) in [7, 11) is 0. The minimum atomic E-state index is -0.294. The Morgan fingerprint density at radius 1 is 0.857 bits per heavy atom. The van der Waals surface area contributed by atoms with Crippen LogP contribution in [0.2, 0.25) is 0 Å². The van der Waals surface area contributed by atoms with E-state index in [9.17, 15) is 9.59 Å². The van der Waals surface area contributed by atoms with Crippen molar-refractivity contribution in [1.82, 2.24) is 4.57 Å². The molecule has 0 N–H and O–H groups in total. The maximum absolute atomic E-state index is 12.9. The molecule has 1 aromatic heterocycles. The third kappa shape index (κ3) is 3.12. The normalized spacial score (nSPS) is 15.7. The van der Waals surface area contributed by atoms with Gasteiger partial charge in [0.2, 0.25) is 0 Å². The van der Waals surface area contributed by atoms with Crippen LogP contribution in [-0.2, 0) is 4.79 Å². The number of aromatic nitrogens is 1. The van der Waals surface area contributed by atoms with Gasteiger partial charge in [-0.3, -0.25) is 9.59 Å². The van der Waals surface area contributed by atoms with Gasteiger partial charge in [-0.1, -0.05) is 36.4 Å². The molecule has 0 unspecified atom stereocenters. The third-order valence-corrected chi connectivity index (χ3v) is 6.58. The van der Waals surface area contributed by atoms with Gasteiger partial charge in [0.1, 0.15) is 0 Å². The number of carbonyl (C=O) groups is 2. The van der Waals surface area contributed by atoms with Gasteiger partial charge in [-0.15, -0.1) is 0 Å². The van der Waals surface area contributed by atoms with Crippen molar-refractivity contribution in [2.45, 2.75) is 13.8 Å². The van der Waals surface area contributed by atoms with Crippen LogP contribution in [0.1, 0.15) is 17.0 Å². The molecule has 1 fully saturated rings. The molecular formula is C22H17BrN2O2S. The number of rotatable bonds is 3. The smallest absolute Gasteiger partial charge is 0.298 e. The lowest BCUT2D eigenvalue weighted by Gasteiger charge is -2.11. The van der Waals surface area contributed by atoms with Crippen molar-refractivity contribution in [3.8, 4) is 5.69 Å². The first-order chi connectivity index (χ1) is 13.5. The molecule has 2 amide bonds. The van der Waals surface area contributed by atoms with E-state index in [2.05, 4.69) is 20.5 Å². The summed E-state index contributed by atoms with van der Waals surface area (Å²) in [6.45, 7) is 4.04. The average molecular weight is 453 g/mol. The van der Waals surface area contributed by atoms with Gasteiger partial charge < -0.3 is 4.57 Å². The van der Waals surface area contributed by atoms with Crippen molar-refractivity contribution in [2.24, 2.45) is 0 Å². The largest absolute Gasteiger partial charge is 0.317 e. The number of halogens is 1. The second-order valence-corrected chi connectivity index (χ2v) is 8.21. The van der Waals surface area contributed by atoms with E-state index in [0.29, 0.717) is 10.6 Å². The van der Waals surface area contributed by atoms with E-state index < -0.39 is 0 Å².